The second-order valence-electron chi connectivity index (χ2n) is 2.61. The van der Waals surface area contributed by atoms with Gasteiger partial charge in [0.1, 0.15) is 0 Å². The molecule has 1 aromatic rings. The van der Waals surface area contributed by atoms with Crippen LogP contribution in [0, 0.1) is 0 Å². The van der Waals surface area contributed by atoms with E-state index in [0.717, 1.165) is 30.7 Å². The van der Waals surface area contributed by atoms with E-state index in [-0.39, 0.29) is 0 Å². The average molecular weight is 147 g/mol. The normalized spacial score (nSPS) is 17.8. The van der Waals surface area contributed by atoms with Crippen molar-refractivity contribution in [3.05, 3.63) is 30.1 Å². The summed E-state index contributed by atoms with van der Waals surface area (Å²) in [5.74, 6) is 0. The second-order valence-corrected chi connectivity index (χ2v) is 2.61. The van der Waals surface area contributed by atoms with Crippen LogP contribution >= 0.6 is 0 Å². The highest BCUT2D eigenvalue weighted by Crippen LogP contribution is 2.10. The summed E-state index contributed by atoms with van der Waals surface area (Å²) in [5, 5.41) is 0. The third-order valence-electron chi connectivity index (χ3n) is 1.81. The maximum atomic E-state index is 7.38. The minimum atomic E-state index is 0.460. The summed E-state index contributed by atoms with van der Waals surface area (Å²) < 4.78 is 7.38. The zero-order chi connectivity index (χ0) is 8.39. The fourth-order valence-electron chi connectivity index (χ4n) is 1.26. The highest BCUT2D eigenvalue weighted by atomic mass is 14.8. The molecule has 0 amide bonds. The molecule has 11 heavy (non-hydrogen) atoms. The largest absolute Gasteiger partial charge is 0.289 e. The molecule has 2 nitrogen and oxygen atoms in total. The van der Waals surface area contributed by atoms with E-state index < -0.39 is 0 Å². The monoisotopic (exact) mass is 147 g/mol. The molecule has 0 radical (unpaired) electrons. The van der Waals surface area contributed by atoms with Gasteiger partial charge in [-0.05, 0) is 18.9 Å². The second kappa shape index (κ2) is 2.82. The Balaban J connectivity index is 2.33. The number of pyridine rings is 1. The fraction of sp³-hybridized carbons (Fsp3) is 0.333. The minimum absolute atomic E-state index is 0.460. The molecule has 0 N–H and O–H groups in total. The smallest absolute Gasteiger partial charge is 0.0639 e. The van der Waals surface area contributed by atoms with Gasteiger partial charge in [-0.15, -0.1) is 0 Å². The molecule has 1 aliphatic rings. The van der Waals surface area contributed by atoms with Gasteiger partial charge in [-0.25, -0.2) is 0 Å². The highest BCUT2D eigenvalue weighted by molar-refractivity contribution is 6.01. The number of aliphatic imine (C=N–C) groups is 1. The minimum Gasteiger partial charge on any atom is -0.289 e. The van der Waals surface area contributed by atoms with Crippen LogP contribution < -0.4 is 0 Å². The Morgan fingerprint density at radius 1 is 1.55 bits per heavy atom. The SMILES string of the molecule is [2H]c1cncc(C2=NCCC2)c1. The molecule has 0 saturated carbocycles. The third-order valence-corrected chi connectivity index (χ3v) is 1.81. The van der Waals surface area contributed by atoms with Crippen molar-refractivity contribution in [1.29, 1.82) is 0 Å². The van der Waals surface area contributed by atoms with Crippen molar-refractivity contribution in [2.24, 2.45) is 4.99 Å². The predicted molar refractivity (Wildman–Crippen MR) is 44.9 cm³/mol. The van der Waals surface area contributed by atoms with E-state index in [1.165, 1.54) is 0 Å². The zero-order valence-electron chi connectivity index (χ0n) is 7.25. The molecular formula is C9H10N2. The molecule has 0 aromatic carbocycles. The molecule has 0 saturated heterocycles. The summed E-state index contributed by atoms with van der Waals surface area (Å²) >= 11 is 0. The number of rotatable bonds is 1. The third kappa shape index (κ3) is 1.29. The lowest BCUT2D eigenvalue weighted by Crippen LogP contribution is -1.95. The van der Waals surface area contributed by atoms with Crippen LogP contribution in [0.3, 0.4) is 0 Å². The Morgan fingerprint density at radius 2 is 2.55 bits per heavy atom. The van der Waals surface area contributed by atoms with Crippen molar-refractivity contribution >= 4 is 5.71 Å². The van der Waals surface area contributed by atoms with Gasteiger partial charge in [0.25, 0.3) is 0 Å². The molecule has 0 aliphatic carbocycles. The van der Waals surface area contributed by atoms with Gasteiger partial charge in [0.2, 0.25) is 0 Å². The summed E-state index contributed by atoms with van der Waals surface area (Å²) in [4.78, 5) is 8.30. The summed E-state index contributed by atoms with van der Waals surface area (Å²) in [6.07, 6.45) is 5.49. The first-order chi connectivity index (χ1) is 5.86. The van der Waals surface area contributed by atoms with Gasteiger partial charge in [-0.1, -0.05) is 6.07 Å². The quantitative estimate of drug-likeness (QED) is 0.593. The van der Waals surface area contributed by atoms with Gasteiger partial charge in [0.15, 0.2) is 0 Å². The highest BCUT2D eigenvalue weighted by Gasteiger charge is 2.07. The zero-order valence-corrected chi connectivity index (χ0v) is 6.25. The van der Waals surface area contributed by atoms with E-state index >= 15 is 0 Å². The summed E-state index contributed by atoms with van der Waals surface area (Å²) in [6, 6.07) is 2.28. The van der Waals surface area contributed by atoms with Crippen LogP contribution in [0.25, 0.3) is 0 Å². The van der Waals surface area contributed by atoms with Crippen LogP contribution in [-0.2, 0) is 0 Å². The van der Waals surface area contributed by atoms with Crippen LogP contribution in [0.4, 0.5) is 0 Å². The lowest BCUT2D eigenvalue weighted by molar-refractivity contribution is 0.951. The topological polar surface area (TPSA) is 25.2 Å². The van der Waals surface area contributed by atoms with E-state index in [2.05, 4.69) is 9.98 Å². The fourth-order valence-corrected chi connectivity index (χ4v) is 1.26. The maximum absolute atomic E-state index is 7.38. The van der Waals surface area contributed by atoms with Gasteiger partial charge in [0, 0.05) is 30.2 Å². The summed E-state index contributed by atoms with van der Waals surface area (Å²) in [7, 11) is 0. The Hall–Kier alpha value is -1.18. The Labute approximate surface area is 67.4 Å². The molecule has 1 aliphatic heterocycles. The van der Waals surface area contributed by atoms with E-state index in [0.29, 0.717) is 6.04 Å². The van der Waals surface area contributed by atoms with Crippen LogP contribution in [0.1, 0.15) is 19.8 Å². The molecular weight excluding hydrogens is 136 g/mol. The molecule has 56 valence electrons. The molecule has 2 heterocycles. The van der Waals surface area contributed by atoms with E-state index in [1.807, 2.05) is 6.07 Å². The Bertz CT molecular complexity index is 320. The molecule has 0 fully saturated rings. The van der Waals surface area contributed by atoms with E-state index in [4.69, 9.17) is 1.37 Å². The van der Waals surface area contributed by atoms with Crippen molar-refractivity contribution in [2.75, 3.05) is 6.54 Å². The first kappa shape index (κ1) is 5.47. The van der Waals surface area contributed by atoms with Crippen LogP contribution in [0.2, 0.25) is 0 Å². The number of nitrogens with zero attached hydrogens (tertiary/aromatic N) is 2. The van der Waals surface area contributed by atoms with Crippen LogP contribution in [0.15, 0.2) is 29.5 Å². The van der Waals surface area contributed by atoms with Gasteiger partial charge in [-0.2, -0.15) is 0 Å². The van der Waals surface area contributed by atoms with Gasteiger partial charge >= 0.3 is 0 Å². The average Bonchev–Trinajstić information content (AvgIpc) is 2.56. The van der Waals surface area contributed by atoms with E-state index in [9.17, 15) is 0 Å². The number of hydrogen-bond acceptors (Lipinski definition) is 2. The summed E-state index contributed by atoms with van der Waals surface area (Å²) in [6.45, 7) is 0.928. The van der Waals surface area contributed by atoms with E-state index in [1.54, 1.807) is 12.4 Å². The standard InChI is InChI=1S/C9H10N2/c1-3-8(7-10-5-1)9-4-2-6-11-9/h1,3,5,7H,2,4,6H2/i1D. The van der Waals surface area contributed by atoms with Crippen molar-refractivity contribution in [2.45, 2.75) is 12.8 Å². The van der Waals surface area contributed by atoms with Gasteiger partial charge in [0.05, 0.1) is 1.37 Å². The predicted octanol–water partition coefficient (Wildman–Crippen LogP) is 1.66. The Morgan fingerprint density at radius 3 is 3.27 bits per heavy atom. The van der Waals surface area contributed by atoms with Crippen molar-refractivity contribution in [3.8, 4) is 0 Å². The summed E-state index contributed by atoms with van der Waals surface area (Å²) in [5.41, 5.74) is 2.12. The Kier molecular flexibility index (Phi) is 1.40. The molecule has 1 aromatic heterocycles. The molecule has 2 heteroatoms. The van der Waals surface area contributed by atoms with Crippen molar-refractivity contribution in [3.63, 3.8) is 0 Å². The molecule has 0 spiro atoms. The first-order valence-corrected chi connectivity index (χ1v) is 3.81. The van der Waals surface area contributed by atoms with Crippen LogP contribution in [0.5, 0.6) is 0 Å². The maximum Gasteiger partial charge on any atom is 0.0639 e. The lowest BCUT2D eigenvalue weighted by Gasteiger charge is -1.96. The van der Waals surface area contributed by atoms with Gasteiger partial charge < -0.3 is 0 Å². The number of hydrogen-bond donors (Lipinski definition) is 0. The molecule has 2 rings (SSSR count). The molecule has 0 unspecified atom stereocenters. The number of aromatic nitrogens is 1. The van der Waals surface area contributed by atoms with Gasteiger partial charge in [-0.3, -0.25) is 9.98 Å². The van der Waals surface area contributed by atoms with Crippen molar-refractivity contribution < 1.29 is 1.37 Å². The molecule has 0 bridgehead atoms. The van der Waals surface area contributed by atoms with Crippen molar-refractivity contribution in [1.82, 2.24) is 4.98 Å². The lowest BCUT2D eigenvalue weighted by atomic mass is 10.1. The molecule has 0 atom stereocenters. The van der Waals surface area contributed by atoms with Crippen LogP contribution in [-0.4, -0.2) is 17.2 Å². The first-order valence-electron chi connectivity index (χ1n) is 4.31.